The number of pyridine rings is 1. The molecule has 1 aliphatic rings. The Morgan fingerprint density at radius 2 is 1.07 bits per heavy atom. The van der Waals surface area contributed by atoms with Gasteiger partial charge in [0.1, 0.15) is 11.5 Å². The molecule has 0 fully saturated rings. The third-order valence-corrected chi connectivity index (χ3v) is 11.5. The van der Waals surface area contributed by atoms with E-state index in [2.05, 4.69) is 223 Å². The minimum absolute atomic E-state index is 0.00988. The molecule has 0 unspecified atom stereocenters. The van der Waals surface area contributed by atoms with Gasteiger partial charge in [0.15, 0.2) is 0 Å². The maximum absolute atomic E-state index is 6.59. The monoisotopic (exact) mass is 773 g/mol. The Morgan fingerprint density at radius 1 is 0.458 bits per heavy atom. The number of rotatable bonds is 9. The van der Waals surface area contributed by atoms with Gasteiger partial charge in [0.2, 0.25) is 0 Å². The summed E-state index contributed by atoms with van der Waals surface area (Å²) < 4.78 is 6.59. The smallest absolute Gasteiger partial charge is 0.129 e. The first-order chi connectivity index (χ1) is 28.2. The summed E-state index contributed by atoms with van der Waals surface area (Å²) in [5.74, 6) is 1.58. The topological polar surface area (TPSA) is 28.6 Å². The SMILES string of the molecule is CC(C)(C)c1ccc(-c2ccnc(C(C)(C)c3cccc(Oc4cccc(N5C=CN(c6cc(-c7ccccc7)cc(-c7ccccc7)c6)C5)c4)c3)c2)c(C(C)(C)C)c1. The largest absolute Gasteiger partial charge is 0.457 e. The van der Waals surface area contributed by atoms with Gasteiger partial charge in [-0.05, 0) is 115 Å². The normalized spacial score (nSPS) is 13.2. The minimum atomic E-state index is -0.369. The second-order valence-electron chi connectivity index (χ2n) is 18.3. The predicted molar refractivity (Wildman–Crippen MR) is 248 cm³/mol. The van der Waals surface area contributed by atoms with Gasteiger partial charge in [-0.1, -0.05) is 152 Å². The second-order valence-corrected chi connectivity index (χ2v) is 18.3. The molecule has 1 aromatic heterocycles. The maximum atomic E-state index is 6.59. The Hall–Kier alpha value is -6.39. The summed E-state index contributed by atoms with van der Waals surface area (Å²) >= 11 is 0. The van der Waals surface area contributed by atoms with Crippen LogP contribution in [-0.4, -0.2) is 11.7 Å². The maximum Gasteiger partial charge on any atom is 0.129 e. The van der Waals surface area contributed by atoms with E-state index in [-0.39, 0.29) is 16.2 Å². The van der Waals surface area contributed by atoms with E-state index in [0.29, 0.717) is 6.67 Å². The summed E-state index contributed by atoms with van der Waals surface area (Å²) in [4.78, 5) is 9.49. The molecule has 296 valence electrons. The second kappa shape index (κ2) is 15.8. The summed E-state index contributed by atoms with van der Waals surface area (Å²) in [7, 11) is 0. The van der Waals surface area contributed by atoms with Crippen molar-refractivity contribution < 1.29 is 4.74 Å². The first kappa shape index (κ1) is 39.4. The van der Waals surface area contributed by atoms with Gasteiger partial charge in [-0.2, -0.15) is 0 Å². The van der Waals surface area contributed by atoms with Crippen molar-refractivity contribution in [2.24, 2.45) is 0 Å². The third-order valence-electron chi connectivity index (χ3n) is 11.5. The van der Waals surface area contributed by atoms with Crippen LogP contribution >= 0.6 is 0 Å². The molecular formula is C55H55N3O. The van der Waals surface area contributed by atoms with E-state index in [0.717, 1.165) is 34.1 Å². The van der Waals surface area contributed by atoms with E-state index in [1.807, 2.05) is 18.3 Å². The molecule has 4 heteroatoms. The number of benzene rings is 6. The van der Waals surface area contributed by atoms with Gasteiger partial charge < -0.3 is 14.5 Å². The third kappa shape index (κ3) is 8.59. The van der Waals surface area contributed by atoms with E-state index in [1.54, 1.807) is 0 Å². The van der Waals surface area contributed by atoms with Crippen molar-refractivity contribution in [2.75, 3.05) is 16.5 Å². The molecule has 0 atom stereocenters. The highest BCUT2D eigenvalue weighted by atomic mass is 16.5. The number of hydrogen-bond donors (Lipinski definition) is 0. The first-order valence-electron chi connectivity index (χ1n) is 20.7. The summed E-state index contributed by atoms with van der Waals surface area (Å²) in [6.45, 7) is 18.9. The number of nitrogens with zero attached hydrogens (tertiary/aromatic N) is 3. The fourth-order valence-corrected chi connectivity index (χ4v) is 7.91. The predicted octanol–water partition coefficient (Wildman–Crippen LogP) is 14.6. The van der Waals surface area contributed by atoms with Crippen molar-refractivity contribution in [1.82, 2.24) is 4.98 Å². The fraction of sp³-hybridized carbons (Fsp3) is 0.218. The van der Waals surface area contributed by atoms with Crippen LogP contribution < -0.4 is 14.5 Å². The van der Waals surface area contributed by atoms with Gasteiger partial charge in [0, 0.05) is 41.5 Å². The zero-order valence-corrected chi connectivity index (χ0v) is 35.7. The summed E-state index contributed by atoms with van der Waals surface area (Å²) in [6, 6.07) is 56.2. The molecule has 0 amide bonds. The molecule has 0 aliphatic carbocycles. The highest BCUT2D eigenvalue weighted by Crippen LogP contribution is 2.40. The van der Waals surface area contributed by atoms with Gasteiger partial charge in [0.25, 0.3) is 0 Å². The van der Waals surface area contributed by atoms with Gasteiger partial charge >= 0.3 is 0 Å². The lowest BCUT2D eigenvalue weighted by Crippen LogP contribution is -2.24. The van der Waals surface area contributed by atoms with E-state index in [9.17, 15) is 0 Å². The molecule has 4 nitrogen and oxygen atoms in total. The van der Waals surface area contributed by atoms with Gasteiger partial charge in [-0.3, -0.25) is 4.98 Å². The average Bonchev–Trinajstić information content (AvgIpc) is 3.75. The number of ether oxygens (including phenoxy) is 1. The standard InChI is InChI=1S/C55H55N3O/c1-53(2,3)44-25-26-50(51(36-44)54(4,5)6)41-27-28-56-52(34-41)55(7,8)45-21-15-23-48(35-45)59-49-24-16-22-46(37-49)57-29-30-58(38-57)47-32-42(39-17-11-9-12-18-39)31-43(33-47)40-19-13-10-14-20-40/h9-37H,38H2,1-8H3. The van der Waals surface area contributed by atoms with Crippen LogP contribution in [0.25, 0.3) is 33.4 Å². The van der Waals surface area contributed by atoms with Crippen LogP contribution in [0.2, 0.25) is 0 Å². The summed E-state index contributed by atoms with van der Waals surface area (Å²) in [5.41, 5.74) is 14.0. The van der Waals surface area contributed by atoms with Gasteiger partial charge in [-0.25, -0.2) is 0 Å². The van der Waals surface area contributed by atoms with Crippen molar-refractivity contribution in [1.29, 1.82) is 0 Å². The van der Waals surface area contributed by atoms with E-state index in [1.165, 1.54) is 44.5 Å². The van der Waals surface area contributed by atoms with Gasteiger partial charge in [0.05, 0.1) is 12.4 Å². The van der Waals surface area contributed by atoms with Crippen LogP contribution in [-0.2, 0) is 16.2 Å². The van der Waals surface area contributed by atoms with Crippen LogP contribution in [0.5, 0.6) is 11.5 Å². The van der Waals surface area contributed by atoms with E-state index < -0.39 is 0 Å². The molecule has 0 saturated carbocycles. The zero-order valence-electron chi connectivity index (χ0n) is 35.7. The van der Waals surface area contributed by atoms with Crippen LogP contribution in [0.15, 0.2) is 176 Å². The Bertz CT molecular complexity index is 2550. The van der Waals surface area contributed by atoms with Crippen LogP contribution in [0.3, 0.4) is 0 Å². The molecule has 59 heavy (non-hydrogen) atoms. The molecule has 0 bridgehead atoms. The lowest BCUT2D eigenvalue weighted by molar-refractivity contribution is 0.479. The van der Waals surface area contributed by atoms with Crippen molar-refractivity contribution in [3.05, 3.63) is 199 Å². The van der Waals surface area contributed by atoms with Crippen molar-refractivity contribution in [3.8, 4) is 44.9 Å². The highest BCUT2D eigenvalue weighted by Gasteiger charge is 2.28. The molecule has 1 aliphatic heterocycles. The number of anilines is 2. The van der Waals surface area contributed by atoms with Crippen LogP contribution in [0.4, 0.5) is 11.4 Å². The molecule has 8 rings (SSSR count). The van der Waals surface area contributed by atoms with Gasteiger partial charge in [-0.15, -0.1) is 0 Å². The number of aromatic nitrogens is 1. The summed E-state index contributed by atoms with van der Waals surface area (Å²) in [6.07, 6.45) is 6.26. The molecule has 7 aromatic rings. The highest BCUT2D eigenvalue weighted by molar-refractivity contribution is 5.79. The van der Waals surface area contributed by atoms with Crippen molar-refractivity contribution >= 4 is 11.4 Å². The molecule has 6 aromatic carbocycles. The lowest BCUT2D eigenvalue weighted by atomic mass is 9.76. The first-order valence-corrected chi connectivity index (χ1v) is 20.7. The van der Waals surface area contributed by atoms with E-state index >= 15 is 0 Å². The van der Waals surface area contributed by atoms with E-state index in [4.69, 9.17) is 9.72 Å². The van der Waals surface area contributed by atoms with Crippen LogP contribution in [0.1, 0.15) is 77.8 Å². The van der Waals surface area contributed by atoms with Crippen molar-refractivity contribution in [3.63, 3.8) is 0 Å². The molecule has 0 saturated heterocycles. The fourth-order valence-electron chi connectivity index (χ4n) is 7.91. The Labute approximate surface area is 351 Å². The Morgan fingerprint density at radius 3 is 1.69 bits per heavy atom. The molecule has 0 spiro atoms. The molecular weight excluding hydrogens is 719 g/mol. The van der Waals surface area contributed by atoms with Crippen molar-refractivity contribution in [2.45, 2.75) is 71.6 Å². The summed E-state index contributed by atoms with van der Waals surface area (Å²) in [5, 5.41) is 0. The molecule has 0 N–H and O–H groups in total. The Balaban J connectivity index is 1.01. The number of hydrogen-bond acceptors (Lipinski definition) is 4. The molecule has 2 heterocycles. The quantitative estimate of drug-likeness (QED) is 0.146. The average molecular weight is 774 g/mol. The zero-order chi connectivity index (χ0) is 41.4. The molecule has 0 radical (unpaired) electrons. The Kier molecular flexibility index (Phi) is 10.5. The minimum Gasteiger partial charge on any atom is -0.457 e. The lowest BCUT2D eigenvalue weighted by Gasteiger charge is -2.29. The van der Waals surface area contributed by atoms with Crippen LogP contribution in [0, 0.1) is 0 Å².